The minimum Gasteiger partial charge on any atom is -0.383 e. The third-order valence-corrected chi connectivity index (χ3v) is 7.50. The smallest absolute Gasteiger partial charge is 0.176 e. The topological polar surface area (TPSA) is 109 Å². The molecule has 0 spiro atoms. The van der Waals surface area contributed by atoms with E-state index in [9.17, 15) is 0 Å². The Morgan fingerprint density at radius 3 is 2.74 bits per heavy atom. The Balaban J connectivity index is 1.38. The van der Waals surface area contributed by atoms with Crippen LogP contribution in [0.4, 0.5) is 5.82 Å². The number of nitrogen functional groups attached to an aromatic ring is 1. The predicted octanol–water partition coefficient (Wildman–Crippen LogP) is 5.22. The van der Waals surface area contributed by atoms with Gasteiger partial charge in [-0.05, 0) is 79.8 Å². The first-order chi connectivity index (χ1) is 19.2. The lowest BCUT2D eigenvalue weighted by Crippen LogP contribution is -2.37. The van der Waals surface area contributed by atoms with E-state index in [0.717, 1.165) is 91.2 Å². The van der Waals surface area contributed by atoms with E-state index in [4.69, 9.17) is 21.0 Å². The highest BCUT2D eigenvalue weighted by atomic mass is 15.2. The number of benzene rings is 1. The number of rotatable bonds is 6. The summed E-state index contributed by atoms with van der Waals surface area (Å²) in [7, 11) is 0. The molecule has 0 bridgehead atoms. The van der Waals surface area contributed by atoms with Gasteiger partial charge in [-0.15, -0.1) is 0 Å². The van der Waals surface area contributed by atoms with Crippen molar-refractivity contribution in [3.05, 3.63) is 84.2 Å². The summed E-state index contributed by atoms with van der Waals surface area (Å²) >= 11 is 0. The Morgan fingerprint density at radius 1 is 1.05 bits per heavy atom. The van der Waals surface area contributed by atoms with E-state index < -0.39 is 0 Å². The normalized spacial score (nSPS) is 17.9. The molecule has 1 unspecified atom stereocenters. The molecule has 3 aromatic heterocycles. The van der Waals surface area contributed by atoms with Gasteiger partial charge >= 0.3 is 0 Å². The molecule has 0 radical (unpaired) electrons. The van der Waals surface area contributed by atoms with Crippen LogP contribution in [0, 0.1) is 11.5 Å². The van der Waals surface area contributed by atoms with Gasteiger partial charge in [-0.3, -0.25) is 9.47 Å². The van der Waals surface area contributed by atoms with Crippen molar-refractivity contribution in [3.63, 3.8) is 0 Å². The van der Waals surface area contributed by atoms with E-state index in [1.54, 1.807) is 6.20 Å². The third kappa shape index (κ3) is 5.27. The molecule has 3 N–H and O–H groups in total. The Morgan fingerprint density at radius 2 is 1.95 bits per heavy atom. The molecule has 39 heavy (non-hydrogen) atoms. The van der Waals surface area contributed by atoms with Crippen molar-refractivity contribution >= 4 is 22.6 Å². The Bertz CT molecular complexity index is 1570. The van der Waals surface area contributed by atoms with Gasteiger partial charge in [-0.2, -0.15) is 5.26 Å². The number of anilines is 1. The van der Waals surface area contributed by atoms with Crippen LogP contribution in [0.1, 0.15) is 43.4 Å². The van der Waals surface area contributed by atoms with E-state index in [2.05, 4.69) is 68.5 Å². The van der Waals surface area contributed by atoms with Crippen molar-refractivity contribution < 1.29 is 0 Å². The molecule has 6 rings (SSSR count). The minimum atomic E-state index is 0.218. The van der Waals surface area contributed by atoms with Crippen LogP contribution in [0.3, 0.4) is 0 Å². The van der Waals surface area contributed by atoms with E-state index in [-0.39, 0.29) is 6.04 Å². The number of nitrogens with zero attached hydrogens (tertiary/aromatic N) is 6. The molecule has 0 saturated carbocycles. The second kappa shape index (κ2) is 11.1. The summed E-state index contributed by atoms with van der Waals surface area (Å²) in [5, 5.41) is 12.0. The molecule has 4 heterocycles. The first-order valence-corrected chi connectivity index (χ1v) is 13.6. The van der Waals surface area contributed by atoms with Gasteiger partial charge in [0, 0.05) is 31.0 Å². The second-order valence-electron chi connectivity index (χ2n) is 10.2. The molecule has 2 aliphatic rings. The predicted molar refractivity (Wildman–Crippen MR) is 155 cm³/mol. The van der Waals surface area contributed by atoms with Gasteiger partial charge in [0.05, 0.1) is 11.3 Å². The zero-order chi connectivity index (χ0) is 26.6. The highest BCUT2D eigenvalue weighted by Gasteiger charge is 2.20. The summed E-state index contributed by atoms with van der Waals surface area (Å²) in [6, 6.07) is 16.7. The monoisotopic (exact) mass is 516 g/mol. The Hall–Kier alpha value is -4.48. The maximum atomic E-state index is 9.09. The number of pyridine rings is 2. The van der Waals surface area contributed by atoms with Crippen LogP contribution < -0.4 is 11.1 Å². The summed E-state index contributed by atoms with van der Waals surface area (Å²) in [6.07, 6.45) is 15.8. The molecule has 196 valence electrons. The van der Waals surface area contributed by atoms with Crippen LogP contribution >= 0.6 is 0 Å². The number of hydrogen-bond donors (Lipinski definition) is 2. The SMILES string of the molecule is N#CNC1CCCCN(Cc2ccc(-n3c(-c4cccnc4N)nc4ccc(C5=CCCC=C5)nc43)cc2)C1. The summed E-state index contributed by atoms with van der Waals surface area (Å²) in [5.41, 5.74) is 12.9. The lowest BCUT2D eigenvalue weighted by Gasteiger charge is -2.23. The number of nitrogens with two attached hydrogens (primary N) is 1. The number of allylic oxidation sites excluding steroid dienone is 4. The van der Waals surface area contributed by atoms with E-state index in [0.29, 0.717) is 5.82 Å². The fourth-order valence-corrected chi connectivity index (χ4v) is 5.53. The summed E-state index contributed by atoms with van der Waals surface area (Å²) in [4.78, 5) is 16.8. The van der Waals surface area contributed by atoms with Crippen LogP contribution in [0.15, 0.2) is 73.0 Å². The standard InChI is InChI=1S/C31H32N8/c32-21-35-24-9-4-5-18-38(20-24)19-22-11-13-25(14-12-22)39-30(26-10-6-17-34-29(26)33)37-28-16-15-27(36-31(28)39)23-7-2-1-3-8-23/h2,6-8,10-17,24,35H,1,3-5,9,18-20H2,(H2,33,34). The number of fused-ring (bicyclic) bond motifs is 1. The van der Waals surface area contributed by atoms with Crippen molar-refractivity contribution in [1.29, 1.82) is 5.26 Å². The van der Waals surface area contributed by atoms with E-state index >= 15 is 0 Å². The molecular formula is C31H32N8. The maximum Gasteiger partial charge on any atom is 0.176 e. The summed E-state index contributed by atoms with van der Waals surface area (Å²) in [5.74, 6) is 1.16. The first-order valence-electron chi connectivity index (χ1n) is 13.6. The molecule has 1 atom stereocenters. The van der Waals surface area contributed by atoms with Crippen molar-refractivity contribution in [2.75, 3.05) is 18.8 Å². The fraction of sp³-hybridized carbons (Fsp3) is 0.290. The number of imidazole rings is 1. The van der Waals surface area contributed by atoms with Gasteiger partial charge in [0.1, 0.15) is 11.3 Å². The van der Waals surface area contributed by atoms with Crippen LogP contribution in [-0.4, -0.2) is 43.6 Å². The van der Waals surface area contributed by atoms with Gasteiger partial charge in [0.2, 0.25) is 0 Å². The Labute approximate surface area is 228 Å². The number of hydrogen-bond acceptors (Lipinski definition) is 7. The fourth-order valence-electron chi connectivity index (χ4n) is 5.53. The third-order valence-electron chi connectivity index (χ3n) is 7.50. The van der Waals surface area contributed by atoms with Gasteiger partial charge in [0.15, 0.2) is 17.7 Å². The molecule has 8 nitrogen and oxygen atoms in total. The molecule has 4 aromatic rings. The highest BCUT2D eigenvalue weighted by Crippen LogP contribution is 2.32. The van der Waals surface area contributed by atoms with E-state index in [1.807, 2.05) is 24.3 Å². The van der Waals surface area contributed by atoms with Gasteiger partial charge < -0.3 is 11.1 Å². The number of aromatic nitrogens is 4. The van der Waals surface area contributed by atoms with Gasteiger partial charge in [-0.1, -0.05) is 36.8 Å². The molecule has 1 aliphatic carbocycles. The summed E-state index contributed by atoms with van der Waals surface area (Å²) < 4.78 is 2.09. The molecule has 8 heteroatoms. The van der Waals surface area contributed by atoms with Crippen molar-refractivity contribution in [2.24, 2.45) is 0 Å². The van der Waals surface area contributed by atoms with Crippen LogP contribution in [0.5, 0.6) is 0 Å². The van der Waals surface area contributed by atoms with Crippen molar-refractivity contribution in [2.45, 2.75) is 44.7 Å². The largest absolute Gasteiger partial charge is 0.383 e. The lowest BCUT2D eigenvalue weighted by molar-refractivity contribution is 0.258. The number of nitriles is 1. The van der Waals surface area contributed by atoms with Crippen LogP contribution in [-0.2, 0) is 6.54 Å². The van der Waals surface area contributed by atoms with Crippen molar-refractivity contribution in [1.82, 2.24) is 29.7 Å². The molecule has 1 saturated heterocycles. The quantitative estimate of drug-likeness (QED) is 0.267. The summed E-state index contributed by atoms with van der Waals surface area (Å²) in [6.45, 7) is 2.77. The second-order valence-corrected chi connectivity index (χ2v) is 10.2. The average molecular weight is 517 g/mol. The van der Waals surface area contributed by atoms with Gasteiger partial charge in [-0.25, -0.2) is 15.0 Å². The van der Waals surface area contributed by atoms with E-state index in [1.165, 1.54) is 5.56 Å². The highest BCUT2D eigenvalue weighted by molar-refractivity contribution is 5.85. The maximum absolute atomic E-state index is 9.09. The molecular weight excluding hydrogens is 484 g/mol. The zero-order valence-corrected chi connectivity index (χ0v) is 21.9. The number of nitrogens with one attached hydrogen (secondary N) is 1. The first kappa shape index (κ1) is 24.8. The zero-order valence-electron chi connectivity index (χ0n) is 21.9. The van der Waals surface area contributed by atoms with Gasteiger partial charge in [0.25, 0.3) is 0 Å². The van der Waals surface area contributed by atoms with Crippen LogP contribution in [0.25, 0.3) is 33.8 Å². The minimum absolute atomic E-state index is 0.218. The van der Waals surface area contributed by atoms with Crippen molar-refractivity contribution in [3.8, 4) is 23.3 Å². The molecule has 1 fully saturated rings. The molecule has 0 amide bonds. The van der Waals surface area contributed by atoms with Crippen LogP contribution in [0.2, 0.25) is 0 Å². The average Bonchev–Trinajstić information content (AvgIpc) is 3.20. The lowest BCUT2D eigenvalue weighted by atomic mass is 10.0. The number of likely N-dealkylation sites (tertiary alicyclic amines) is 1. The molecule has 1 aliphatic heterocycles. The Kier molecular flexibility index (Phi) is 7.07. The molecule has 1 aromatic carbocycles.